The van der Waals surface area contributed by atoms with Gasteiger partial charge in [-0.2, -0.15) is 0 Å². The number of aromatic nitrogens is 1. The highest BCUT2D eigenvalue weighted by Crippen LogP contribution is 2.44. The first-order valence-corrected chi connectivity index (χ1v) is 19.1. The van der Waals surface area contributed by atoms with Gasteiger partial charge in [0.25, 0.3) is 0 Å². The molecule has 1 aliphatic heterocycles. The fourth-order valence-electron chi connectivity index (χ4n) is 8.85. The Kier molecular flexibility index (Phi) is 7.28. The van der Waals surface area contributed by atoms with Gasteiger partial charge in [0.2, 0.25) is 0 Å². The van der Waals surface area contributed by atoms with Gasteiger partial charge in [0, 0.05) is 23.2 Å². The standard InChI is InChI=1S/C53H36N2/c1-2-12-43(13-3-1)55-50-29-28-42(33-48(50)49-34-54-31-30-51(49)55)37-20-25-39(26-21-37)53-46-16-8-6-14-44(46)52(45-15-7-9-17-47(45)53)38-23-18-36(19-24-38)41-27-22-35-10-4-5-11-40(35)32-41/h1-33,54H,34H2. The first-order chi connectivity index (χ1) is 27.3. The Morgan fingerprint density at radius 2 is 0.873 bits per heavy atom. The molecular formula is C53H36N2. The van der Waals surface area contributed by atoms with E-state index in [4.69, 9.17) is 0 Å². The molecule has 1 aromatic heterocycles. The number of hydrogen-bond donors (Lipinski definition) is 1. The second-order valence-electron chi connectivity index (χ2n) is 14.5. The predicted octanol–water partition coefficient (Wildman–Crippen LogP) is 13.8. The van der Waals surface area contributed by atoms with Crippen molar-refractivity contribution in [3.8, 4) is 50.2 Å². The molecule has 0 unspecified atom stereocenters. The van der Waals surface area contributed by atoms with E-state index in [-0.39, 0.29) is 0 Å². The molecule has 0 atom stereocenters. The lowest BCUT2D eigenvalue weighted by atomic mass is 9.85. The van der Waals surface area contributed by atoms with Crippen molar-refractivity contribution >= 4 is 49.3 Å². The Labute approximate surface area is 320 Å². The van der Waals surface area contributed by atoms with Crippen LogP contribution in [0.1, 0.15) is 11.3 Å². The lowest BCUT2D eigenvalue weighted by molar-refractivity contribution is 0.855. The van der Waals surface area contributed by atoms with Crippen molar-refractivity contribution in [3.05, 3.63) is 206 Å². The summed E-state index contributed by atoms with van der Waals surface area (Å²) in [5.41, 5.74) is 14.9. The van der Waals surface area contributed by atoms with E-state index in [0.717, 1.165) is 6.54 Å². The zero-order chi connectivity index (χ0) is 36.3. The van der Waals surface area contributed by atoms with Crippen LogP contribution in [-0.2, 0) is 6.54 Å². The van der Waals surface area contributed by atoms with Gasteiger partial charge < -0.3 is 9.88 Å². The van der Waals surface area contributed by atoms with E-state index in [1.54, 1.807) is 0 Å². The van der Waals surface area contributed by atoms with Crippen LogP contribution in [0.15, 0.2) is 194 Å². The molecule has 1 aliphatic rings. The summed E-state index contributed by atoms with van der Waals surface area (Å²) in [6.45, 7) is 0.815. The van der Waals surface area contributed by atoms with Crippen LogP contribution in [-0.4, -0.2) is 4.57 Å². The van der Waals surface area contributed by atoms with Crippen molar-refractivity contribution < 1.29 is 0 Å². The topological polar surface area (TPSA) is 17.0 Å². The molecule has 0 aliphatic carbocycles. The van der Waals surface area contributed by atoms with Crippen molar-refractivity contribution in [1.82, 2.24) is 9.88 Å². The summed E-state index contributed by atoms with van der Waals surface area (Å²) in [5, 5.41) is 12.3. The minimum absolute atomic E-state index is 0.815. The molecule has 11 rings (SSSR count). The van der Waals surface area contributed by atoms with Crippen LogP contribution in [0.2, 0.25) is 0 Å². The number of fused-ring (bicyclic) bond motifs is 6. The van der Waals surface area contributed by atoms with Crippen LogP contribution < -0.4 is 5.32 Å². The molecule has 2 nitrogen and oxygen atoms in total. The summed E-state index contributed by atoms with van der Waals surface area (Å²) < 4.78 is 2.38. The molecule has 0 saturated heterocycles. The Morgan fingerprint density at radius 3 is 1.49 bits per heavy atom. The van der Waals surface area contributed by atoms with E-state index >= 15 is 0 Å². The first-order valence-electron chi connectivity index (χ1n) is 19.1. The van der Waals surface area contributed by atoms with Gasteiger partial charge in [-0.25, -0.2) is 0 Å². The number of nitrogens with zero attached hydrogens (tertiary/aromatic N) is 1. The van der Waals surface area contributed by atoms with Gasteiger partial charge >= 0.3 is 0 Å². The normalized spacial score (nSPS) is 12.4. The summed E-state index contributed by atoms with van der Waals surface area (Å²) in [6, 6.07) is 69.0. The summed E-state index contributed by atoms with van der Waals surface area (Å²) in [4.78, 5) is 0. The van der Waals surface area contributed by atoms with Gasteiger partial charge in [-0.05, 0) is 119 Å². The number of para-hydroxylation sites is 1. The Hall–Kier alpha value is -7.16. The summed E-state index contributed by atoms with van der Waals surface area (Å²) in [6.07, 6.45) is 4.25. The maximum Gasteiger partial charge on any atom is 0.0538 e. The zero-order valence-electron chi connectivity index (χ0n) is 30.2. The third kappa shape index (κ3) is 5.18. The molecule has 0 radical (unpaired) electrons. The monoisotopic (exact) mass is 700 g/mol. The number of benzene rings is 9. The van der Waals surface area contributed by atoms with Gasteiger partial charge in [-0.15, -0.1) is 0 Å². The van der Waals surface area contributed by atoms with Gasteiger partial charge in [-0.1, -0.05) is 158 Å². The SMILES string of the molecule is C1=Cc2c(c3cc(-c4ccc(-c5c6ccccc6c(-c6ccc(-c7ccc8ccccc8c7)cc6)c6ccccc56)cc4)ccc3n2-c2ccccc2)CN1. The average Bonchev–Trinajstić information content (AvgIpc) is 3.59. The minimum atomic E-state index is 0.815. The quantitative estimate of drug-likeness (QED) is 0.177. The maximum atomic E-state index is 3.45. The maximum absolute atomic E-state index is 3.45. The lowest BCUT2D eigenvalue weighted by Gasteiger charge is -2.18. The molecule has 0 saturated carbocycles. The molecular weight excluding hydrogens is 665 g/mol. The van der Waals surface area contributed by atoms with Crippen molar-refractivity contribution in [2.45, 2.75) is 6.54 Å². The highest BCUT2D eigenvalue weighted by molar-refractivity contribution is 6.21. The van der Waals surface area contributed by atoms with E-state index in [1.165, 1.54) is 105 Å². The first kappa shape index (κ1) is 31.4. The van der Waals surface area contributed by atoms with Gasteiger partial charge in [-0.3, -0.25) is 0 Å². The molecule has 0 fully saturated rings. The Morgan fingerprint density at radius 1 is 0.382 bits per heavy atom. The Balaban J connectivity index is 1.000. The van der Waals surface area contributed by atoms with Crippen LogP contribution in [0.3, 0.4) is 0 Å². The number of nitrogens with one attached hydrogen (secondary N) is 1. The van der Waals surface area contributed by atoms with E-state index in [1.807, 2.05) is 0 Å². The molecule has 0 spiro atoms. The second-order valence-corrected chi connectivity index (χ2v) is 14.5. The summed E-state index contributed by atoms with van der Waals surface area (Å²) in [7, 11) is 0. The van der Waals surface area contributed by atoms with E-state index < -0.39 is 0 Å². The Bertz CT molecular complexity index is 3050. The molecule has 0 amide bonds. The molecule has 1 N–H and O–H groups in total. The smallest absolute Gasteiger partial charge is 0.0538 e. The lowest BCUT2D eigenvalue weighted by Crippen LogP contribution is -2.10. The molecule has 2 heteroatoms. The highest BCUT2D eigenvalue weighted by Gasteiger charge is 2.20. The molecule has 10 aromatic rings. The van der Waals surface area contributed by atoms with Crippen molar-refractivity contribution in [2.75, 3.05) is 0 Å². The molecule has 9 aromatic carbocycles. The van der Waals surface area contributed by atoms with E-state index in [2.05, 4.69) is 210 Å². The summed E-state index contributed by atoms with van der Waals surface area (Å²) >= 11 is 0. The van der Waals surface area contributed by atoms with Crippen molar-refractivity contribution in [3.63, 3.8) is 0 Å². The van der Waals surface area contributed by atoms with E-state index in [9.17, 15) is 0 Å². The molecule has 2 heterocycles. The van der Waals surface area contributed by atoms with Crippen LogP contribution >= 0.6 is 0 Å². The van der Waals surface area contributed by atoms with Crippen LogP contribution in [0, 0.1) is 0 Å². The van der Waals surface area contributed by atoms with Gasteiger partial charge in [0.1, 0.15) is 0 Å². The van der Waals surface area contributed by atoms with Gasteiger partial charge in [0.05, 0.1) is 11.2 Å². The fraction of sp³-hybridized carbons (Fsp3) is 0.0189. The minimum Gasteiger partial charge on any atom is -0.387 e. The third-order valence-electron chi connectivity index (χ3n) is 11.5. The second kappa shape index (κ2) is 12.8. The largest absolute Gasteiger partial charge is 0.387 e. The van der Waals surface area contributed by atoms with Crippen molar-refractivity contribution in [2.24, 2.45) is 0 Å². The predicted molar refractivity (Wildman–Crippen MR) is 233 cm³/mol. The van der Waals surface area contributed by atoms with Crippen LogP contribution in [0.5, 0.6) is 0 Å². The fourth-order valence-corrected chi connectivity index (χ4v) is 8.85. The van der Waals surface area contributed by atoms with Crippen LogP contribution in [0.4, 0.5) is 0 Å². The highest BCUT2D eigenvalue weighted by atomic mass is 15.0. The summed E-state index contributed by atoms with van der Waals surface area (Å²) in [5.74, 6) is 0. The molecule has 0 bridgehead atoms. The number of hydrogen-bond acceptors (Lipinski definition) is 1. The third-order valence-corrected chi connectivity index (χ3v) is 11.5. The molecule has 55 heavy (non-hydrogen) atoms. The van der Waals surface area contributed by atoms with E-state index in [0.29, 0.717) is 0 Å². The average molecular weight is 701 g/mol. The van der Waals surface area contributed by atoms with Crippen LogP contribution in [0.25, 0.3) is 99.5 Å². The zero-order valence-corrected chi connectivity index (χ0v) is 30.2. The number of rotatable bonds is 5. The van der Waals surface area contributed by atoms with Gasteiger partial charge in [0.15, 0.2) is 0 Å². The molecule has 258 valence electrons. The van der Waals surface area contributed by atoms with Crippen molar-refractivity contribution in [1.29, 1.82) is 0 Å².